The number of carbonyl (C=O) groups is 2. The van der Waals surface area contributed by atoms with Crippen LogP contribution < -0.4 is 10.6 Å². The van der Waals surface area contributed by atoms with Gasteiger partial charge in [-0.1, -0.05) is 36.4 Å². The van der Waals surface area contributed by atoms with Gasteiger partial charge in [0.1, 0.15) is 5.69 Å². The molecule has 3 rings (SSSR count). The minimum Gasteiger partial charge on any atom is -0.326 e. The molecule has 0 unspecified atom stereocenters. The fourth-order valence-corrected chi connectivity index (χ4v) is 2.37. The fourth-order valence-electron chi connectivity index (χ4n) is 2.37. The Bertz CT molecular complexity index is 890. The van der Waals surface area contributed by atoms with Crippen LogP contribution in [-0.2, 0) is 4.79 Å². The number of amides is 2. The maximum Gasteiger partial charge on any atom is 0.274 e. The number of aromatic nitrogens is 1. The second-order valence-electron chi connectivity index (χ2n) is 5.49. The molecule has 0 atom stereocenters. The first-order valence-electron chi connectivity index (χ1n) is 7.83. The number of anilines is 2. The summed E-state index contributed by atoms with van der Waals surface area (Å²) in [5.74, 6) is -0.427. The van der Waals surface area contributed by atoms with Crippen LogP contribution in [0.25, 0.3) is 11.3 Å². The summed E-state index contributed by atoms with van der Waals surface area (Å²) in [6.45, 7) is 1.45. The number of carbonyl (C=O) groups excluding carboxylic acids is 2. The molecule has 5 nitrogen and oxygen atoms in total. The van der Waals surface area contributed by atoms with Crippen LogP contribution in [0.4, 0.5) is 11.4 Å². The van der Waals surface area contributed by atoms with Crippen molar-refractivity contribution in [1.29, 1.82) is 0 Å². The van der Waals surface area contributed by atoms with E-state index in [0.29, 0.717) is 17.1 Å². The quantitative estimate of drug-likeness (QED) is 0.760. The minimum atomic E-state index is -0.287. The lowest BCUT2D eigenvalue weighted by atomic mass is 10.1. The highest BCUT2D eigenvalue weighted by Gasteiger charge is 2.09. The molecule has 1 aromatic heterocycles. The van der Waals surface area contributed by atoms with E-state index in [1.165, 1.54) is 6.92 Å². The van der Waals surface area contributed by atoms with Gasteiger partial charge in [-0.25, -0.2) is 4.98 Å². The summed E-state index contributed by atoms with van der Waals surface area (Å²) in [6, 6.07) is 22.0. The monoisotopic (exact) mass is 331 g/mol. The van der Waals surface area contributed by atoms with E-state index in [2.05, 4.69) is 15.6 Å². The molecule has 3 aromatic rings. The third kappa shape index (κ3) is 4.29. The Hall–Kier alpha value is -3.47. The normalized spacial score (nSPS) is 10.1. The highest BCUT2D eigenvalue weighted by Crippen LogP contribution is 2.18. The molecule has 0 radical (unpaired) electrons. The number of pyridine rings is 1. The molecule has 0 aliphatic carbocycles. The van der Waals surface area contributed by atoms with E-state index in [1.807, 2.05) is 42.5 Å². The van der Waals surface area contributed by atoms with Gasteiger partial charge in [-0.15, -0.1) is 0 Å². The molecule has 2 N–H and O–H groups in total. The van der Waals surface area contributed by atoms with E-state index in [-0.39, 0.29) is 11.8 Å². The predicted molar refractivity (Wildman–Crippen MR) is 98.4 cm³/mol. The van der Waals surface area contributed by atoms with Crippen LogP contribution in [0.1, 0.15) is 17.4 Å². The van der Waals surface area contributed by atoms with Gasteiger partial charge < -0.3 is 10.6 Å². The Morgan fingerprint density at radius 1 is 0.760 bits per heavy atom. The van der Waals surface area contributed by atoms with E-state index < -0.39 is 0 Å². The molecule has 2 amide bonds. The summed E-state index contributed by atoms with van der Waals surface area (Å²) in [7, 11) is 0. The number of rotatable bonds is 4. The molecule has 0 saturated carbocycles. The van der Waals surface area contributed by atoms with Crippen LogP contribution in [0.15, 0.2) is 72.8 Å². The summed E-state index contributed by atoms with van der Waals surface area (Å²) < 4.78 is 0. The zero-order valence-corrected chi connectivity index (χ0v) is 13.7. The van der Waals surface area contributed by atoms with Gasteiger partial charge in [0.25, 0.3) is 5.91 Å². The summed E-state index contributed by atoms with van der Waals surface area (Å²) in [5.41, 5.74) is 3.35. The van der Waals surface area contributed by atoms with Gasteiger partial charge in [0, 0.05) is 23.9 Å². The van der Waals surface area contributed by atoms with Gasteiger partial charge >= 0.3 is 0 Å². The van der Waals surface area contributed by atoms with Crippen LogP contribution in [0.2, 0.25) is 0 Å². The molecule has 0 aliphatic heterocycles. The fraction of sp³-hybridized carbons (Fsp3) is 0.0500. The lowest BCUT2D eigenvalue weighted by Gasteiger charge is -2.08. The Labute approximate surface area is 145 Å². The van der Waals surface area contributed by atoms with Crippen molar-refractivity contribution >= 4 is 23.2 Å². The van der Waals surface area contributed by atoms with Crippen LogP contribution in [0.5, 0.6) is 0 Å². The molecular formula is C20H17N3O2. The number of benzene rings is 2. The zero-order valence-electron chi connectivity index (χ0n) is 13.7. The van der Waals surface area contributed by atoms with Crippen molar-refractivity contribution in [3.63, 3.8) is 0 Å². The second kappa shape index (κ2) is 7.40. The molecule has 0 spiro atoms. The van der Waals surface area contributed by atoms with E-state index >= 15 is 0 Å². The Morgan fingerprint density at radius 2 is 1.40 bits per heavy atom. The summed E-state index contributed by atoms with van der Waals surface area (Å²) in [4.78, 5) is 27.9. The second-order valence-corrected chi connectivity index (χ2v) is 5.49. The van der Waals surface area contributed by atoms with Crippen molar-refractivity contribution < 1.29 is 9.59 Å². The molecule has 0 saturated heterocycles. The average molecular weight is 331 g/mol. The van der Waals surface area contributed by atoms with Crippen molar-refractivity contribution in [3.8, 4) is 11.3 Å². The first-order valence-corrected chi connectivity index (χ1v) is 7.83. The molecule has 1 heterocycles. The molecule has 2 aromatic carbocycles. The van der Waals surface area contributed by atoms with Gasteiger partial charge in [-0.3, -0.25) is 9.59 Å². The van der Waals surface area contributed by atoms with Crippen molar-refractivity contribution in [2.75, 3.05) is 10.6 Å². The third-order valence-electron chi connectivity index (χ3n) is 3.51. The van der Waals surface area contributed by atoms with Crippen LogP contribution in [-0.4, -0.2) is 16.8 Å². The lowest BCUT2D eigenvalue weighted by molar-refractivity contribution is -0.114. The van der Waals surface area contributed by atoms with Gasteiger partial charge in [-0.2, -0.15) is 0 Å². The van der Waals surface area contributed by atoms with Crippen molar-refractivity contribution in [2.24, 2.45) is 0 Å². The van der Waals surface area contributed by atoms with Crippen molar-refractivity contribution in [3.05, 3.63) is 78.5 Å². The Kier molecular flexibility index (Phi) is 4.85. The maximum atomic E-state index is 12.4. The van der Waals surface area contributed by atoms with Gasteiger partial charge in [0.2, 0.25) is 5.91 Å². The first kappa shape index (κ1) is 16.4. The summed E-state index contributed by atoms with van der Waals surface area (Å²) >= 11 is 0. The van der Waals surface area contributed by atoms with Crippen LogP contribution in [0.3, 0.4) is 0 Å². The third-order valence-corrected chi connectivity index (χ3v) is 3.51. The number of nitrogens with zero attached hydrogens (tertiary/aromatic N) is 1. The molecule has 0 bridgehead atoms. The van der Waals surface area contributed by atoms with E-state index in [4.69, 9.17) is 0 Å². The topological polar surface area (TPSA) is 71.1 Å². The number of hydrogen-bond donors (Lipinski definition) is 2. The smallest absolute Gasteiger partial charge is 0.274 e. The standard InChI is InChI=1S/C20H17N3O2/c1-14(24)21-16-10-12-17(13-11-16)22-20(25)19-9-5-8-18(23-19)15-6-3-2-4-7-15/h2-13H,1H3,(H,21,24)(H,22,25). The molecule has 25 heavy (non-hydrogen) atoms. The number of hydrogen-bond acceptors (Lipinski definition) is 3. The van der Waals surface area contributed by atoms with Crippen molar-refractivity contribution in [1.82, 2.24) is 4.98 Å². The number of nitrogens with one attached hydrogen (secondary N) is 2. The van der Waals surface area contributed by atoms with Crippen molar-refractivity contribution in [2.45, 2.75) is 6.92 Å². The minimum absolute atomic E-state index is 0.140. The zero-order chi connectivity index (χ0) is 17.6. The Balaban J connectivity index is 1.74. The molecule has 5 heteroatoms. The maximum absolute atomic E-state index is 12.4. The van der Waals surface area contributed by atoms with Crippen LogP contribution in [0, 0.1) is 0 Å². The SMILES string of the molecule is CC(=O)Nc1ccc(NC(=O)c2cccc(-c3ccccc3)n2)cc1. The Morgan fingerprint density at radius 3 is 2.04 bits per heavy atom. The average Bonchev–Trinajstić information content (AvgIpc) is 2.64. The highest BCUT2D eigenvalue weighted by molar-refractivity contribution is 6.03. The van der Waals surface area contributed by atoms with Gasteiger partial charge in [0.15, 0.2) is 0 Å². The van der Waals surface area contributed by atoms with Gasteiger partial charge in [-0.05, 0) is 36.4 Å². The molecular weight excluding hydrogens is 314 g/mol. The largest absolute Gasteiger partial charge is 0.326 e. The van der Waals surface area contributed by atoms with E-state index in [9.17, 15) is 9.59 Å². The van der Waals surface area contributed by atoms with Gasteiger partial charge in [0.05, 0.1) is 5.69 Å². The highest BCUT2D eigenvalue weighted by atomic mass is 16.2. The summed E-state index contributed by atoms with van der Waals surface area (Å²) in [5, 5.41) is 5.48. The van der Waals surface area contributed by atoms with E-state index in [0.717, 1.165) is 11.3 Å². The molecule has 124 valence electrons. The molecule has 0 fully saturated rings. The van der Waals surface area contributed by atoms with Crippen LogP contribution >= 0.6 is 0 Å². The first-order chi connectivity index (χ1) is 12.1. The summed E-state index contributed by atoms with van der Waals surface area (Å²) in [6.07, 6.45) is 0. The van der Waals surface area contributed by atoms with E-state index in [1.54, 1.807) is 30.3 Å². The lowest BCUT2D eigenvalue weighted by Crippen LogP contribution is -2.14. The predicted octanol–water partition coefficient (Wildman–Crippen LogP) is 3.96. The molecule has 0 aliphatic rings.